The molecule has 1 nitrogen and oxygen atoms in total. The van der Waals surface area contributed by atoms with Gasteiger partial charge in [0.25, 0.3) is 0 Å². The van der Waals surface area contributed by atoms with Gasteiger partial charge in [-0.05, 0) is 24.3 Å². The zero-order valence-corrected chi connectivity index (χ0v) is 10.1. The summed E-state index contributed by atoms with van der Waals surface area (Å²) in [4.78, 5) is 0. The second-order valence-corrected chi connectivity index (χ2v) is 4.97. The molecular formula is C13H18ClN. The van der Waals surface area contributed by atoms with Gasteiger partial charge in [0.2, 0.25) is 0 Å². The van der Waals surface area contributed by atoms with Crippen LogP contribution in [0.4, 0.5) is 0 Å². The van der Waals surface area contributed by atoms with Crippen LogP contribution in [-0.2, 0) is 5.41 Å². The van der Waals surface area contributed by atoms with Gasteiger partial charge in [-0.25, -0.2) is 0 Å². The molecule has 2 N–H and O–H groups in total. The van der Waals surface area contributed by atoms with Gasteiger partial charge >= 0.3 is 0 Å². The van der Waals surface area contributed by atoms with Crippen molar-refractivity contribution in [2.45, 2.75) is 19.3 Å². The third kappa shape index (κ3) is 1.49. The molecule has 0 amide bonds. The summed E-state index contributed by atoms with van der Waals surface area (Å²) in [6.07, 6.45) is 0. The first-order chi connectivity index (χ1) is 7.16. The predicted molar refractivity (Wildman–Crippen MR) is 65.3 cm³/mol. The Labute approximate surface area is 96.6 Å². The molecule has 82 valence electrons. The molecule has 0 radical (unpaired) electrons. The molecule has 1 aliphatic rings. The van der Waals surface area contributed by atoms with E-state index in [-0.39, 0.29) is 5.41 Å². The van der Waals surface area contributed by atoms with Crippen LogP contribution in [0.5, 0.6) is 0 Å². The first-order valence-electron chi connectivity index (χ1n) is 5.50. The van der Waals surface area contributed by atoms with Gasteiger partial charge < -0.3 is 5.73 Å². The van der Waals surface area contributed by atoms with Gasteiger partial charge in [-0.15, -0.1) is 11.6 Å². The summed E-state index contributed by atoms with van der Waals surface area (Å²) >= 11 is 5.98. The molecule has 1 aliphatic carbocycles. The van der Waals surface area contributed by atoms with E-state index in [1.165, 1.54) is 11.1 Å². The standard InChI is InChI=1S/C13H18ClN/c1-9-3-5-11(6-4-9)13(8-15)10(2)12(13)7-14/h3-6,10,12H,7-8,15H2,1-2H3/t10-,12+,13-/m1/s1. The molecule has 0 saturated heterocycles. The molecule has 0 bridgehead atoms. The third-order valence-corrected chi connectivity index (χ3v) is 4.39. The first kappa shape index (κ1) is 11.0. The number of hydrogen-bond donors (Lipinski definition) is 1. The van der Waals surface area contributed by atoms with Crippen molar-refractivity contribution in [3.05, 3.63) is 35.4 Å². The van der Waals surface area contributed by atoms with E-state index < -0.39 is 0 Å². The summed E-state index contributed by atoms with van der Waals surface area (Å²) in [5.74, 6) is 1.88. The quantitative estimate of drug-likeness (QED) is 0.784. The third-order valence-electron chi connectivity index (χ3n) is 4.06. The summed E-state index contributed by atoms with van der Waals surface area (Å²) < 4.78 is 0. The molecule has 1 saturated carbocycles. The highest BCUT2D eigenvalue weighted by Gasteiger charge is 2.60. The Bertz CT molecular complexity index is 346. The fraction of sp³-hybridized carbons (Fsp3) is 0.538. The highest BCUT2D eigenvalue weighted by Crippen LogP contribution is 2.59. The zero-order chi connectivity index (χ0) is 11.1. The first-order valence-corrected chi connectivity index (χ1v) is 6.03. The molecule has 0 unspecified atom stereocenters. The number of alkyl halides is 1. The van der Waals surface area contributed by atoms with Crippen LogP contribution in [0.3, 0.4) is 0 Å². The molecule has 2 rings (SSSR count). The van der Waals surface area contributed by atoms with Crippen LogP contribution in [0, 0.1) is 18.8 Å². The number of benzene rings is 1. The monoisotopic (exact) mass is 223 g/mol. The molecule has 3 atom stereocenters. The van der Waals surface area contributed by atoms with Gasteiger partial charge in [-0.2, -0.15) is 0 Å². The number of hydrogen-bond acceptors (Lipinski definition) is 1. The van der Waals surface area contributed by atoms with Gasteiger partial charge in [0.15, 0.2) is 0 Å². The Hall–Kier alpha value is -0.530. The average Bonchev–Trinajstić information content (AvgIpc) is 2.85. The molecular weight excluding hydrogens is 206 g/mol. The number of aryl methyl sites for hydroxylation is 1. The highest BCUT2D eigenvalue weighted by atomic mass is 35.5. The number of nitrogens with two attached hydrogens (primary N) is 1. The zero-order valence-electron chi connectivity index (χ0n) is 9.33. The molecule has 15 heavy (non-hydrogen) atoms. The Balaban J connectivity index is 2.33. The van der Waals surface area contributed by atoms with Crippen LogP contribution in [0.15, 0.2) is 24.3 Å². The summed E-state index contributed by atoms with van der Waals surface area (Å²) in [5.41, 5.74) is 8.73. The van der Waals surface area contributed by atoms with Crippen LogP contribution in [0.1, 0.15) is 18.1 Å². The maximum absolute atomic E-state index is 5.98. The highest BCUT2D eigenvalue weighted by molar-refractivity contribution is 6.18. The maximum atomic E-state index is 5.98. The van der Waals surface area contributed by atoms with E-state index in [9.17, 15) is 0 Å². The van der Waals surface area contributed by atoms with Crippen molar-refractivity contribution >= 4 is 11.6 Å². The normalized spacial score (nSPS) is 34.1. The molecule has 1 aromatic rings. The Morgan fingerprint density at radius 2 is 1.93 bits per heavy atom. The summed E-state index contributed by atoms with van der Waals surface area (Å²) in [7, 11) is 0. The van der Waals surface area contributed by atoms with E-state index in [1.807, 2.05) is 0 Å². The summed E-state index contributed by atoms with van der Waals surface area (Å²) in [5, 5.41) is 0. The second kappa shape index (κ2) is 3.80. The van der Waals surface area contributed by atoms with E-state index in [4.69, 9.17) is 17.3 Å². The van der Waals surface area contributed by atoms with Gasteiger partial charge in [0.05, 0.1) is 0 Å². The van der Waals surface area contributed by atoms with Crippen LogP contribution >= 0.6 is 11.6 Å². The molecule has 0 spiro atoms. The summed E-state index contributed by atoms with van der Waals surface area (Å²) in [6.45, 7) is 5.06. The Morgan fingerprint density at radius 3 is 2.33 bits per heavy atom. The lowest BCUT2D eigenvalue weighted by molar-refractivity contribution is 0.621. The van der Waals surface area contributed by atoms with Crippen molar-refractivity contribution in [2.75, 3.05) is 12.4 Å². The van der Waals surface area contributed by atoms with Crippen molar-refractivity contribution in [3.63, 3.8) is 0 Å². The Morgan fingerprint density at radius 1 is 1.33 bits per heavy atom. The van der Waals surface area contributed by atoms with Crippen molar-refractivity contribution in [1.82, 2.24) is 0 Å². The predicted octanol–water partition coefficient (Wildman–Crippen LogP) is 2.70. The van der Waals surface area contributed by atoms with Crippen LogP contribution in [-0.4, -0.2) is 12.4 Å². The average molecular weight is 224 g/mol. The van der Waals surface area contributed by atoms with Crippen molar-refractivity contribution in [3.8, 4) is 0 Å². The lowest BCUT2D eigenvalue weighted by atomic mass is 9.91. The topological polar surface area (TPSA) is 26.0 Å². The van der Waals surface area contributed by atoms with Crippen molar-refractivity contribution in [2.24, 2.45) is 17.6 Å². The van der Waals surface area contributed by atoms with E-state index in [0.29, 0.717) is 24.3 Å². The lowest BCUT2D eigenvalue weighted by Crippen LogP contribution is -2.24. The molecule has 1 fully saturated rings. The van der Waals surface area contributed by atoms with E-state index in [2.05, 4.69) is 38.1 Å². The fourth-order valence-corrected chi connectivity index (χ4v) is 3.34. The van der Waals surface area contributed by atoms with Gasteiger partial charge in [0, 0.05) is 17.8 Å². The lowest BCUT2D eigenvalue weighted by Gasteiger charge is -2.16. The van der Waals surface area contributed by atoms with E-state index in [0.717, 1.165) is 0 Å². The van der Waals surface area contributed by atoms with Gasteiger partial charge in [-0.3, -0.25) is 0 Å². The second-order valence-electron chi connectivity index (χ2n) is 4.66. The van der Waals surface area contributed by atoms with E-state index in [1.54, 1.807) is 0 Å². The SMILES string of the molecule is Cc1ccc([C@@]2(CN)[C@H](C)[C@@H]2CCl)cc1. The molecule has 0 aliphatic heterocycles. The van der Waals surface area contributed by atoms with Gasteiger partial charge in [-0.1, -0.05) is 36.8 Å². The minimum Gasteiger partial charge on any atom is -0.330 e. The molecule has 0 aromatic heterocycles. The van der Waals surface area contributed by atoms with Crippen molar-refractivity contribution < 1.29 is 0 Å². The summed E-state index contributed by atoms with van der Waals surface area (Å²) in [6, 6.07) is 8.71. The van der Waals surface area contributed by atoms with Gasteiger partial charge in [0.1, 0.15) is 0 Å². The van der Waals surface area contributed by atoms with Crippen LogP contribution < -0.4 is 5.73 Å². The Kier molecular flexibility index (Phi) is 2.78. The maximum Gasteiger partial charge on any atom is 0.0263 e. The largest absolute Gasteiger partial charge is 0.330 e. The number of halogens is 1. The van der Waals surface area contributed by atoms with Crippen molar-refractivity contribution in [1.29, 1.82) is 0 Å². The molecule has 0 heterocycles. The van der Waals surface area contributed by atoms with Crippen LogP contribution in [0.25, 0.3) is 0 Å². The minimum atomic E-state index is 0.148. The molecule has 2 heteroatoms. The molecule has 1 aromatic carbocycles. The minimum absolute atomic E-state index is 0.148. The van der Waals surface area contributed by atoms with E-state index >= 15 is 0 Å². The smallest absolute Gasteiger partial charge is 0.0263 e. The van der Waals surface area contributed by atoms with Crippen LogP contribution in [0.2, 0.25) is 0 Å². The fourth-order valence-electron chi connectivity index (χ4n) is 2.79. The number of rotatable bonds is 3.